The maximum atomic E-state index is 11.3. The van der Waals surface area contributed by atoms with Crippen molar-refractivity contribution >= 4 is 11.3 Å². The number of aliphatic hydroxyl groups is 1. The van der Waals surface area contributed by atoms with Crippen LogP contribution in [0.15, 0.2) is 40.8 Å². The van der Waals surface area contributed by atoms with Crippen LogP contribution >= 0.6 is 0 Å². The molecular formula is C27H28O4. The number of fused-ring (bicyclic) bond motifs is 4. The van der Waals surface area contributed by atoms with Gasteiger partial charge < -0.3 is 19.0 Å². The van der Waals surface area contributed by atoms with E-state index in [1.165, 1.54) is 11.1 Å². The molecule has 0 radical (unpaired) electrons. The van der Waals surface area contributed by atoms with Gasteiger partial charge in [-0.1, -0.05) is 39.8 Å². The van der Waals surface area contributed by atoms with Crippen molar-refractivity contribution in [3.8, 4) is 22.8 Å². The number of aliphatic hydroxyl groups excluding tert-OH is 1. The Kier molecular flexibility index (Phi) is 4.62. The molecule has 4 heteroatoms. The Hall–Kier alpha value is -3.14. The minimum Gasteiger partial charge on any atom is -0.507 e. The Morgan fingerprint density at radius 3 is 2.03 bits per heavy atom. The van der Waals surface area contributed by atoms with Gasteiger partial charge in [0.1, 0.15) is 42.0 Å². The van der Waals surface area contributed by atoms with Gasteiger partial charge in [0.25, 0.3) is 0 Å². The molecule has 0 bridgehead atoms. The third-order valence-corrected chi connectivity index (χ3v) is 6.36. The average Bonchev–Trinajstić information content (AvgIpc) is 3.09. The van der Waals surface area contributed by atoms with E-state index >= 15 is 0 Å². The molecule has 0 unspecified atom stereocenters. The van der Waals surface area contributed by atoms with Crippen molar-refractivity contribution in [1.29, 1.82) is 0 Å². The summed E-state index contributed by atoms with van der Waals surface area (Å²) in [6.45, 7) is 11.3. The summed E-state index contributed by atoms with van der Waals surface area (Å²) in [7, 11) is 0. The third kappa shape index (κ3) is 3.13. The second-order valence-electron chi connectivity index (χ2n) is 9.07. The summed E-state index contributed by atoms with van der Waals surface area (Å²) in [5.74, 6) is 4.19. The Morgan fingerprint density at radius 2 is 1.39 bits per heavy atom. The van der Waals surface area contributed by atoms with E-state index in [-0.39, 0.29) is 5.76 Å². The highest BCUT2D eigenvalue weighted by atomic mass is 16.5. The van der Waals surface area contributed by atoms with Gasteiger partial charge >= 0.3 is 0 Å². The molecule has 0 fully saturated rings. The first-order valence-electron chi connectivity index (χ1n) is 10.9. The molecule has 4 nitrogen and oxygen atoms in total. The molecule has 31 heavy (non-hydrogen) atoms. The molecule has 1 aromatic heterocycles. The fourth-order valence-corrected chi connectivity index (χ4v) is 4.49. The van der Waals surface area contributed by atoms with Crippen LogP contribution in [0.2, 0.25) is 0 Å². The van der Waals surface area contributed by atoms with Crippen LogP contribution in [0.5, 0.6) is 11.5 Å². The SMILES string of the molecule is Cc1oc2c(c1C1=C(O)c3cc(C(C)C)ccc3OC1)COc1ccc(C(C)C)cc1-2. The molecule has 2 aliphatic heterocycles. The van der Waals surface area contributed by atoms with Crippen molar-refractivity contribution in [1.82, 2.24) is 0 Å². The van der Waals surface area contributed by atoms with Crippen molar-refractivity contribution < 1.29 is 19.0 Å². The second kappa shape index (κ2) is 7.23. The smallest absolute Gasteiger partial charge is 0.145 e. The van der Waals surface area contributed by atoms with Gasteiger partial charge in [0.2, 0.25) is 0 Å². The number of aryl methyl sites for hydroxylation is 1. The van der Waals surface area contributed by atoms with Crippen LogP contribution in [0.25, 0.3) is 22.7 Å². The molecule has 0 aliphatic carbocycles. The zero-order valence-corrected chi connectivity index (χ0v) is 18.7. The zero-order chi connectivity index (χ0) is 21.9. The Bertz CT molecular complexity index is 1210. The summed E-state index contributed by atoms with van der Waals surface area (Å²) in [5.41, 5.74) is 6.74. The molecule has 1 N–H and O–H groups in total. The fraction of sp³-hybridized carbons (Fsp3) is 0.333. The molecule has 0 saturated heterocycles. The van der Waals surface area contributed by atoms with Gasteiger partial charge in [0.15, 0.2) is 0 Å². The molecule has 0 amide bonds. The summed E-state index contributed by atoms with van der Waals surface area (Å²) in [6, 6.07) is 12.3. The predicted molar refractivity (Wildman–Crippen MR) is 123 cm³/mol. The summed E-state index contributed by atoms with van der Waals surface area (Å²) in [5, 5.41) is 11.3. The maximum Gasteiger partial charge on any atom is 0.145 e. The van der Waals surface area contributed by atoms with Gasteiger partial charge in [-0.15, -0.1) is 0 Å². The number of hydrogen-bond donors (Lipinski definition) is 1. The minimum atomic E-state index is 0.261. The van der Waals surface area contributed by atoms with Crippen LogP contribution in [0, 0.1) is 6.92 Å². The van der Waals surface area contributed by atoms with Crippen molar-refractivity contribution in [2.45, 2.75) is 53.1 Å². The first kappa shape index (κ1) is 19.8. The molecule has 160 valence electrons. The second-order valence-corrected chi connectivity index (χ2v) is 9.07. The molecule has 0 spiro atoms. The van der Waals surface area contributed by atoms with Crippen molar-refractivity contribution in [2.75, 3.05) is 6.61 Å². The lowest BCUT2D eigenvalue weighted by molar-refractivity contribution is 0.298. The van der Waals surface area contributed by atoms with Gasteiger partial charge in [0.05, 0.1) is 11.1 Å². The van der Waals surface area contributed by atoms with E-state index < -0.39 is 0 Å². The molecule has 2 aliphatic rings. The normalized spacial score (nSPS) is 14.8. The molecule has 3 heterocycles. The van der Waals surface area contributed by atoms with E-state index in [1.807, 2.05) is 25.1 Å². The molecular weight excluding hydrogens is 388 g/mol. The summed E-state index contributed by atoms with van der Waals surface area (Å²) in [4.78, 5) is 0. The lowest BCUT2D eigenvalue weighted by Crippen LogP contribution is -2.14. The molecule has 0 saturated carbocycles. The lowest BCUT2D eigenvalue weighted by Gasteiger charge is -2.24. The Balaban J connectivity index is 1.66. The Labute approximate surface area is 183 Å². The van der Waals surface area contributed by atoms with Crippen LogP contribution in [0.1, 0.15) is 73.1 Å². The van der Waals surface area contributed by atoms with Crippen molar-refractivity contribution in [2.24, 2.45) is 0 Å². The number of hydrogen-bond acceptors (Lipinski definition) is 4. The third-order valence-electron chi connectivity index (χ3n) is 6.36. The van der Waals surface area contributed by atoms with E-state index in [0.717, 1.165) is 45.1 Å². The summed E-state index contributed by atoms with van der Waals surface area (Å²) >= 11 is 0. The van der Waals surface area contributed by atoms with E-state index in [4.69, 9.17) is 13.9 Å². The van der Waals surface area contributed by atoms with Gasteiger partial charge in [0, 0.05) is 16.7 Å². The highest BCUT2D eigenvalue weighted by Crippen LogP contribution is 2.47. The molecule has 2 aromatic carbocycles. The number of rotatable bonds is 3. The van der Waals surface area contributed by atoms with Gasteiger partial charge in [-0.2, -0.15) is 0 Å². The van der Waals surface area contributed by atoms with Crippen molar-refractivity contribution in [3.63, 3.8) is 0 Å². The van der Waals surface area contributed by atoms with Gasteiger partial charge in [-0.05, 0) is 54.2 Å². The van der Waals surface area contributed by atoms with E-state index in [1.54, 1.807) is 0 Å². The van der Waals surface area contributed by atoms with Gasteiger partial charge in [-0.25, -0.2) is 0 Å². The molecule has 0 atom stereocenters. The molecule has 5 rings (SSSR count). The highest BCUT2D eigenvalue weighted by Gasteiger charge is 2.32. The first-order chi connectivity index (χ1) is 14.8. The van der Waals surface area contributed by atoms with E-state index in [2.05, 4.69) is 45.9 Å². The maximum absolute atomic E-state index is 11.3. The quantitative estimate of drug-likeness (QED) is 0.490. The van der Waals surface area contributed by atoms with Crippen LogP contribution in [0.4, 0.5) is 0 Å². The van der Waals surface area contributed by atoms with Crippen LogP contribution in [-0.2, 0) is 6.61 Å². The standard InChI is InChI=1S/C27H28O4/c1-14(2)17-6-8-23-19(10-17)26(28)21(12-29-23)25-16(5)31-27-20-11-18(15(3)4)7-9-24(20)30-13-22(25)27/h6-11,14-15,28H,12-13H2,1-5H3. The average molecular weight is 417 g/mol. The topological polar surface area (TPSA) is 51.8 Å². The number of furan rings is 1. The first-order valence-corrected chi connectivity index (χ1v) is 10.9. The van der Waals surface area contributed by atoms with Crippen LogP contribution in [0.3, 0.4) is 0 Å². The predicted octanol–water partition coefficient (Wildman–Crippen LogP) is 7.21. The van der Waals surface area contributed by atoms with E-state index in [0.29, 0.717) is 30.8 Å². The Morgan fingerprint density at radius 1 is 0.806 bits per heavy atom. The fourth-order valence-electron chi connectivity index (χ4n) is 4.49. The van der Waals surface area contributed by atoms with Crippen LogP contribution in [-0.4, -0.2) is 11.7 Å². The minimum absolute atomic E-state index is 0.261. The van der Waals surface area contributed by atoms with Crippen molar-refractivity contribution in [3.05, 3.63) is 70.0 Å². The number of ether oxygens (including phenoxy) is 2. The number of benzene rings is 2. The largest absolute Gasteiger partial charge is 0.507 e. The summed E-state index contributed by atoms with van der Waals surface area (Å²) in [6.07, 6.45) is 0. The monoisotopic (exact) mass is 416 g/mol. The summed E-state index contributed by atoms with van der Waals surface area (Å²) < 4.78 is 18.4. The van der Waals surface area contributed by atoms with E-state index in [9.17, 15) is 5.11 Å². The van der Waals surface area contributed by atoms with Gasteiger partial charge in [-0.3, -0.25) is 0 Å². The highest BCUT2D eigenvalue weighted by molar-refractivity contribution is 5.94. The van der Waals surface area contributed by atoms with Crippen LogP contribution < -0.4 is 9.47 Å². The molecule has 3 aromatic rings. The zero-order valence-electron chi connectivity index (χ0n) is 18.7. The lowest BCUT2D eigenvalue weighted by atomic mass is 9.91.